The maximum atomic E-state index is 12.6. The Balaban J connectivity index is 1.83. The first-order valence-electron chi connectivity index (χ1n) is 8.03. The summed E-state index contributed by atoms with van der Waals surface area (Å²) >= 11 is 4.33. The number of thioether (sulfide) groups is 1. The molecule has 1 fully saturated rings. The number of fused-ring (bicyclic) bond motifs is 1. The molecule has 0 aliphatic carbocycles. The third kappa shape index (κ3) is 3.99. The minimum absolute atomic E-state index is 0.0143. The summed E-state index contributed by atoms with van der Waals surface area (Å²) < 4.78 is 38.5. The Labute approximate surface area is 178 Å². The lowest BCUT2D eigenvalue weighted by Crippen LogP contribution is -2.70. The van der Waals surface area contributed by atoms with Crippen LogP contribution >= 0.6 is 27.7 Å². The molecule has 10 nitrogen and oxygen atoms in total. The van der Waals surface area contributed by atoms with Crippen LogP contribution in [0.3, 0.4) is 0 Å². The Bertz CT molecular complexity index is 1010. The van der Waals surface area contributed by atoms with Gasteiger partial charge in [-0.05, 0) is 17.7 Å². The van der Waals surface area contributed by atoms with Crippen LogP contribution in [0.1, 0.15) is 10.8 Å². The normalized spacial score (nSPS) is 22.4. The summed E-state index contributed by atoms with van der Waals surface area (Å²) in [5.41, 5.74) is -0.231. The van der Waals surface area contributed by atoms with Crippen LogP contribution in [0.15, 0.2) is 34.4 Å². The molecule has 2 unspecified atom stereocenters. The van der Waals surface area contributed by atoms with Crippen molar-refractivity contribution in [1.29, 1.82) is 0 Å². The lowest BCUT2D eigenvalue weighted by atomic mass is 10.0. The smallest absolute Gasteiger partial charge is 0.353 e. The van der Waals surface area contributed by atoms with Gasteiger partial charge in [-0.1, -0.05) is 28.1 Å². The van der Waals surface area contributed by atoms with E-state index in [0.717, 1.165) is 4.90 Å². The van der Waals surface area contributed by atoms with Crippen molar-refractivity contribution in [3.8, 4) is 5.75 Å². The number of ether oxygens (including phenoxy) is 1. The Morgan fingerprint density at radius 1 is 1.34 bits per heavy atom. The fourth-order valence-corrected chi connectivity index (χ4v) is 5.83. The van der Waals surface area contributed by atoms with Crippen molar-refractivity contribution in [2.75, 3.05) is 12.9 Å². The van der Waals surface area contributed by atoms with E-state index in [1.54, 1.807) is 0 Å². The molecule has 2 aliphatic heterocycles. The quantitative estimate of drug-likeness (QED) is 0.374. The highest BCUT2D eigenvalue weighted by Gasteiger charge is 2.54. The molecule has 0 radical (unpaired) electrons. The van der Waals surface area contributed by atoms with E-state index in [1.165, 1.54) is 43.1 Å². The number of hydrogen-bond acceptors (Lipinski definition) is 7. The van der Waals surface area contributed by atoms with Gasteiger partial charge in [-0.3, -0.25) is 19.0 Å². The van der Waals surface area contributed by atoms with E-state index in [4.69, 9.17) is 4.74 Å². The zero-order chi connectivity index (χ0) is 21.5. The van der Waals surface area contributed by atoms with Gasteiger partial charge in [0.2, 0.25) is 5.91 Å². The van der Waals surface area contributed by atoms with E-state index in [-0.39, 0.29) is 17.0 Å². The lowest BCUT2D eigenvalue weighted by Gasteiger charge is -2.49. The molecule has 2 heterocycles. The third-order valence-corrected chi connectivity index (χ3v) is 7.77. The monoisotopic (exact) mass is 506 g/mol. The van der Waals surface area contributed by atoms with Gasteiger partial charge in [0.25, 0.3) is 16.0 Å². The summed E-state index contributed by atoms with van der Waals surface area (Å²) in [5, 5.41) is 8.97. The molecule has 2 aliphatic rings. The summed E-state index contributed by atoms with van der Waals surface area (Å²) in [6, 6.07) is 4.35. The SMILES string of the molecule is COc1ccc(C(C(=O)NC2C(=O)N3C(C(=O)O)=C(Br)CS[C@H]23)S(=O)(=O)O)cc1. The average Bonchev–Trinajstić information content (AvgIpc) is 2.65. The van der Waals surface area contributed by atoms with Crippen LogP contribution in [0.5, 0.6) is 5.75 Å². The van der Waals surface area contributed by atoms with Gasteiger partial charge in [0.15, 0.2) is 5.25 Å². The highest BCUT2D eigenvalue weighted by atomic mass is 79.9. The average molecular weight is 507 g/mol. The van der Waals surface area contributed by atoms with Crippen molar-refractivity contribution in [3.63, 3.8) is 0 Å². The minimum atomic E-state index is -4.84. The number of nitrogens with one attached hydrogen (secondary N) is 1. The van der Waals surface area contributed by atoms with Crippen LogP contribution in [0.4, 0.5) is 0 Å². The van der Waals surface area contributed by atoms with Crippen molar-refractivity contribution in [3.05, 3.63) is 40.0 Å². The summed E-state index contributed by atoms with van der Waals surface area (Å²) in [5.74, 6) is -2.39. The van der Waals surface area contributed by atoms with Crippen LogP contribution in [-0.4, -0.2) is 65.0 Å². The Kier molecular flexibility index (Phi) is 5.94. The lowest BCUT2D eigenvalue weighted by molar-refractivity contribution is -0.150. The first-order valence-corrected chi connectivity index (χ1v) is 11.4. The molecular weight excluding hydrogens is 492 g/mol. The summed E-state index contributed by atoms with van der Waals surface area (Å²) in [4.78, 5) is 37.5. The number of rotatable bonds is 6. The highest BCUT2D eigenvalue weighted by Crippen LogP contribution is 2.42. The molecule has 0 aromatic heterocycles. The number of nitrogens with zero attached hydrogens (tertiary/aromatic N) is 1. The molecule has 1 aromatic carbocycles. The van der Waals surface area contributed by atoms with Gasteiger partial charge in [0.1, 0.15) is 22.9 Å². The number of amides is 2. The molecule has 2 amide bonds. The molecule has 29 heavy (non-hydrogen) atoms. The number of methoxy groups -OCH3 is 1. The predicted octanol–water partition coefficient (Wildman–Crippen LogP) is 0.715. The summed E-state index contributed by atoms with van der Waals surface area (Å²) in [6.07, 6.45) is 0. The Hall–Kier alpha value is -2.09. The first kappa shape index (κ1) is 21.6. The largest absolute Gasteiger partial charge is 0.497 e. The number of benzene rings is 1. The van der Waals surface area contributed by atoms with Gasteiger partial charge in [-0.2, -0.15) is 8.42 Å². The van der Waals surface area contributed by atoms with Crippen LogP contribution in [0.2, 0.25) is 0 Å². The van der Waals surface area contributed by atoms with E-state index in [9.17, 15) is 32.5 Å². The maximum absolute atomic E-state index is 12.6. The van der Waals surface area contributed by atoms with Gasteiger partial charge in [0, 0.05) is 10.2 Å². The number of carboxylic acids is 1. The van der Waals surface area contributed by atoms with Crippen LogP contribution in [0.25, 0.3) is 0 Å². The fourth-order valence-electron chi connectivity index (χ4n) is 3.05. The van der Waals surface area contributed by atoms with Crippen molar-refractivity contribution < 1.29 is 37.2 Å². The number of carbonyl (C=O) groups is 3. The summed E-state index contributed by atoms with van der Waals surface area (Å²) in [7, 11) is -3.43. The zero-order valence-corrected chi connectivity index (χ0v) is 18.0. The van der Waals surface area contributed by atoms with E-state index in [2.05, 4.69) is 21.2 Å². The first-order chi connectivity index (χ1) is 13.6. The Morgan fingerprint density at radius 3 is 2.48 bits per heavy atom. The third-order valence-electron chi connectivity index (χ3n) is 4.38. The van der Waals surface area contributed by atoms with Crippen molar-refractivity contribution >= 4 is 55.6 Å². The highest BCUT2D eigenvalue weighted by molar-refractivity contribution is 9.11. The molecule has 156 valence electrons. The number of β-lactam (4-membered cyclic amide) rings is 1. The second-order valence-electron chi connectivity index (χ2n) is 6.12. The number of carbonyl (C=O) groups excluding carboxylic acids is 2. The van der Waals surface area contributed by atoms with Crippen molar-refractivity contribution in [2.45, 2.75) is 16.7 Å². The molecule has 13 heteroatoms. The van der Waals surface area contributed by atoms with Gasteiger partial charge in [-0.25, -0.2) is 4.79 Å². The standard InChI is InChI=1S/C16H15BrN2O8S2/c1-27-8-4-2-7(3-5-8)12(29(24,25)26)13(20)18-10-14(21)19-11(16(22)23)9(17)6-28-15(10)19/h2-5,10,12,15H,6H2,1H3,(H,18,20)(H,22,23)(H,24,25,26)/t10?,12?,15-/m1/s1. The molecule has 1 saturated heterocycles. The van der Waals surface area contributed by atoms with E-state index >= 15 is 0 Å². The maximum Gasteiger partial charge on any atom is 0.353 e. The van der Waals surface area contributed by atoms with Gasteiger partial charge < -0.3 is 15.2 Å². The molecule has 0 bridgehead atoms. The topological polar surface area (TPSA) is 150 Å². The van der Waals surface area contributed by atoms with Crippen LogP contribution < -0.4 is 10.1 Å². The van der Waals surface area contributed by atoms with Gasteiger partial charge in [0.05, 0.1) is 7.11 Å². The molecule has 1 aromatic rings. The van der Waals surface area contributed by atoms with Gasteiger partial charge in [-0.15, -0.1) is 11.8 Å². The Morgan fingerprint density at radius 2 is 1.97 bits per heavy atom. The van der Waals surface area contributed by atoms with Crippen molar-refractivity contribution in [2.24, 2.45) is 0 Å². The van der Waals surface area contributed by atoms with E-state index in [1.807, 2.05) is 0 Å². The fraction of sp³-hybridized carbons (Fsp3) is 0.312. The molecule has 3 rings (SSSR count). The van der Waals surface area contributed by atoms with Gasteiger partial charge >= 0.3 is 5.97 Å². The van der Waals surface area contributed by atoms with Crippen molar-refractivity contribution in [1.82, 2.24) is 10.2 Å². The molecule has 3 atom stereocenters. The molecular formula is C16H15BrN2O8S2. The number of hydrogen-bond donors (Lipinski definition) is 3. The zero-order valence-electron chi connectivity index (χ0n) is 14.7. The molecule has 0 saturated carbocycles. The van der Waals surface area contributed by atoms with Crippen LogP contribution in [-0.2, 0) is 24.5 Å². The van der Waals surface area contributed by atoms with E-state index < -0.39 is 44.6 Å². The van der Waals surface area contributed by atoms with E-state index in [0.29, 0.717) is 10.2 Å². The molecule has 3 N–H and O–H groups in total. The second-order valence-corrected chi connectivity index (χ2v) is 9.69. The number of aliphatic carboxylic acids is 1. The number of carboxylic acid groups (broad SMARTS) is 1. The molecule has 0 spiro atoms. The summed E-state index contributed by atoms with van der Waals surface area (Å²) in [6.45, 7) is 0. The minimum Gasteiger partial charge on any atom is -0.497 e. The van der Waals surface area contributed by atoms with Crippen LogP contribution in [0, 0.1) is 0 Å². The number of halogens is 1. The second kappa shape index (κ2) is 7.97. The predicted molar refractivity (Wildman–Crippen MR) is 106 cm³/mol.